The Morgan fingerprint density at radius 1 is 1.24 bits per heavy atom. The minimum atomic E-state index is -0.507. The van der Waals surface area contributed by atoms with Crippen LogP contribution < -0.4 is 15.4 Å². The highest BCUT2D eigenvalue weighted by atomic mass is 32.1. The third kappa shape index (κ3) is 7.36. The molecule has 2 N–H and O–H groups in total. The number of rotatable bonds is 12. The summed E-state index contributed by atoms with van der Waals surface area (Å²) in [6, 6.07) is 8.37. The van der Waals surface area contributed by atoms with Crippen molar-refractivity contribution in [3.8, 4) is 23.3 Å². The van der Waals surface area contributed by atoms with E-state index in [0.717, 1.165) is 92.5 Å². The van der Waals surface area contributed by atoms with Crippen LogP contribution in [0.5, 0.6) is 5.88 Å². The molecule has 0 aromatic carbocycles. The predicted octanol–water partition coefficient (Wildman–Crippen LogP) is 6.42. The van der Waals surface area contributed by atoms with Crippen LogP contribution in [0.25, 0.3) is 11.4 Å². The second-order valence-corrected chi connectivity index (χ2v) is 15.8. The first kappa shape index (κ1) is 35.8. The Hall–Kier alpha value is -4.06. The van der Waals surface area contributed by atoms with Crippen LogP contribution in [-0.4, -0.2) is 76.3 Å². The van der Waals surface area contributed by atoms with Gasteiger partial charge in [0.1, 0.15) is 22.7 Å². The summed E-state index contributed by atoms with van der Waals surface area (Å²) in [5, 5.41) is 14.5. The van der Waals surface area contributed by atoms with E-state index in [1.54, 1.807) is 17.4 Å². The molecule has 1 aliphatic carbocycles. The van der Waals surface area contributed by atoms with E-state index in [2.05, 4.69) is 40.9 Å². The zero-order chi connectivity index (χ0) is 35.4. The van der Waals surface area contributed by atoms with Gasteiger partial charge in [-0.1, -0.05) is 20.8 Å². The zero-order valence-corrected chi connectivity index (χ0v) is 31.1. The molecule has 1 fully saturated rings. The number of nitrogen functional groups attached to an aromatic ring is 1. The summed E-state index contributed by atoms with van der Waals surface area (Å²) < 4.78 is 21.0. The number of ether oxygens (including phenoxy) is 2. The van der Waals surface area contributed by atoms with Crippen LogP contribution in [0.1, 0.15) is 92.4 Å². The molecule has 0 spiro atoms. The van der Waals surface area contributed by atoms with E-state index < -0.39 is 5.92 Å². The van der Waals surface area contributed by atoms with Gasteiger partial charge in [0.2, 0.25) is 5.95 Å². The van der Waals surface area contributed by atoms with Gasteiger partial charge in [0.05, 0.1) is 25.0 Å². The number of methoxy groups -OCH3 is 1. The van der Waals surface area contributed by atoms with Crippen molar-refractivity contribution in [2.24, 2.45) is 5.92 Å². The number of nitrogens with two attached hydrogens (primary N) is 1. The monoisotopic (exact) mass is 718 g/mol. The highest BCUT2D eigenvalue weighted by Gasteiger charge is 2.40. The van der Waals surface area contributed by atoms with Crippen molar-refractivity contribution in [3.05, 3.63) is 51.0 Å². The van der Waals surface area contributed by atoms with Crippen molar-refractivity contribution in [1.82, 2.24) is 24.4 Å². The van der Waals surface area contributed by atoms with Crippen LogP contribution in [0.3, 0.4) is 0 Å². The molecule has 4 aromatic rings. The Labute approximate surface area is 301 Å². The van der Waals surface area contributed by atoms with Gasteiger partial charge in [-0.25, -0.2) is 9.97 Å². The van der Waals surface area contributed by atoms with E-state index in [9.17, 15) is 10.1 Å². The molecular weight excluding hydrogens is 673 g/mol. The Morgan fingerprint density at radius 3 is 2.86 bits per heavy atom. The summed E-state index contributed by atoms with van der Waals surface area (Å²) in [5.41, 5.74) is 9.32. The maximum Gasteiger partial charge on any atom is 0.316 e. The maximum absolute atomic E-state index is 12.2. The first-order valence-corrected chi connectivity index (χ1v) is 19.0. The molecule has 14 heteroatoms. The summed E-state index contributed by atoms with van der Waals surface area (Å²) in [7, 11) is 1.38. The quantitative estimate of drug-likeness (QED) is 0.127. The molecule has 50 heavy (non-hydrogen) atoms. The number of nitriles is 1. The molecule has 0 saturated carbocycles. The van der Waals surface area contributed by atoms with Crippen molar-refractivity contribution in [1.29, 1.82) is 5.26 Å². The van der Waals surface area contributed by atoms with Gasteiger partial charge in [0.15, 0.2) is 5.76 Å². The first-order chi connectivity index (χ1) is 24.1. The highest BCUT2D eigenvalue weighted by Crippen LogP contribution is 2.50. The van der Waals surface area contributed by atoms with Crippen molar-refractivity contribution in [3.63, 3.8) is 0 Å². The van der Waals surface area contributed by atoms with Crippen molar-refractivity contribution >= 4 is 39.8 Å². The number of anilines is 2. The number of hydrogen-bond acceptors (Lipinski definition) is 14. The summed E-state index contributed by atoms with van der Waals surface area (Å²) >= 11 is 3.05. The number of aryl methyl sites for hydroxylation is 1. The number of nitrogens with zero attached hydrogens (tertiary/aromatic N) is 7. The molecule has 2 aliphatic rings. The van der Waals surface area contributed by atoms with E-state index in [0.29, 0.717) is 28.8 Å². The van der Waals surface area contributed by atoms with Gasteiger partial charge in [0, 0.05) is 46.6 Å². The largest absolute Gasteiger partial charge is 0.476 e. The van der Waals surface area contributed by atoms with Crippen LogP contribution in [0.15, 0.2) is 28.9 Å². The van der Waals surface area contributed by atoms with E-state index in [1.165, 1.54) is 23.5 Å². The average molecular weight is 719 g/mol. The van der Waals surface area contributed by atoms with E-state index in [1.807, 2.05) is 26.1 Å². The standard InChI is InChI=1S/C36H46N8O4S2/c1-22(2)31(34(45)46-5)27-19-30(41-48-27)47-17-7-6-14-43-15-9-16-44(23(3)21-43)35-39-13-11-25(40-35)26-18-29(50-42-26)36(4)12-8-10-28-32(36)24(20-37)33(38)49-28/h11,13,18-19,22-23,31H,6-10,12,14-17,21,38H2,1-5H3/t23-,31?,36+/m0/s1. The molecular formula is C36H46N8O4S2. The van der Waals surface area contributed by atoms with Gasteiger partial charge < -0.3 is 29.5 Å². The van der Waals surface area contributed by atoms with Gasteiger partial charge in [-0.15, -0.1) is 11.3 Å². The average Bonchev–Trinajstić information content (AvgIpc) is 3.83. The van der Waals surface area contributed by atoms with E-state index >= 15 is 0 Å². The minimum absolute atomic E-state index is 0.0173. The van der Waals surface area contributed by atoms with Crippen LogP contribution in [0, 0.1) is 17.2 Å². The second-order valence-electron chi connectivity index (χ2n) is 13.8. The lowest BCUT2D eigenvalue weighted by molar-refractivity contribution is -0.144. The molecule has 3 atom stereocenters. The van der Waals surface area contributed by atoms with Crippen LogP contribution in [0.2, 0.25) is 0 Å². The summed E-state index contributed by atoms with van der Waals surface area (Å²) in [4.78, 5) is 29.0. The molecule has 266 valence electrons. The Balaban J connectivity index is 1.03. The van der Waals surface area contributed by atoms with Gasteiger partial charge in [-0.05, 0) is 98.8 Å². The number of thiophene rings is 1. The SMILES string of the molecule is COC(=O)C(c1cc(OCCCCN2CCCN(c3nccc(-c4cc([C@@]5(C)CCCc6sc(N)c(C#N)c65)sn4)n3)[C@@H](C)C2)no1)C(C)C. The third-order valence-electron chi connectivity index (χ3n) is 9.95. The van der Waals surface area contributed by atoms with Crippen molar-refractivity contribution in [2.75, 3.05) is 50.5 Å². The molecule has 0 radical (unpaired) electrons. The first-order valence-electron chi connectivity index (χ1n) is 17.4. The summed E-state index contributed by atoms with van der Waals surface area (Å²) in [6.45, 7) is 12.6. The van der Waals surface area contributed by atoms with E-state index in [-0.39, 0.29) is 23.3 Å². The fraction of sp³-hybridized carbons (Fsp3) is 0.556. The lowest BCUT2D eigenvalue weighted by atomic mass is 9.71. The summed E-state index contributed by atoms with van der Waals surface area (Å²) in [6.07, 6.45) is 7.68. The highest BCUT2D eigenvalue weighted by molar-refractivity contribution is 7.16. The molecule has 1 unspecified atom stereocenters. The Kier molecular flexibility index (Phi) is 11.0. The topological polar surface area (TPSA) is 157 Å². The van der Waals surface area contributed by atoms with E-state index in [4.69, 9.17) is 34.1 Å². The van der Waals surface area contributed by atoms with Gasteiger partial charge in [-0.2, -0.15) is 9.64 Å². The van der Waals surface area contributed by atoms with Crippen molar-refractivity contribution < 1.29 is 18.8 Å². The van der Waals surface area contributed by atoms with Gasteiger partial charge in [-0.3, -0.25) is 4.79 Å². The molecule has 4 aromatic heterocycles. The molecule has 0 amide bonds. The normalized spacial score (nSPS) is 20.3. The molecule has 1 aliphatic heterocycles. The summed E-state index contributed by atoms with van der Waals surface area (Å²) in [5.74, 6) is 0.745. The zero-order valence-electron chi connectivity index (χ0n) is 29.5. The maximum atomic E-state index is 12.2. The number of fused-ring (bicyclic) bond motifs is 1. The second kappa shape index (κ2) is 15.4. The van der Waals surface area contributed by atoms with Crippen LogP contribution in [0.4, 0.5) is 10.9 Å². The third-order valence-corrected chi connectivity index (χ3v) is 12.1. The lowest BCUT2D eigenvalue weighted by Crippen LogP contribution is -2.40. The Morgan fingerprint density at radius 2 is 2.08 bits per heavy atom. The van der Waals surface area contributed by atoms with Crippen molar-refractivity contribution in [2.45, 2.75) is 83.6 Å². The molecule has 6 rings (SSSR count). The molecule has 5 heterocycles. The smallest absolute Gasteiger partial charge is 0.316 e. The number of hydrogen-bond donors (Lipinski definition) is 1. The predicted molar refractivity (Wildman–Crippen MR) is 195 cm³/mol. The van der Waals surface area contributed by atoms with Crippen LogP contribution >= 0.6 is 22.9 Å². The van der Waals surface area contributed by atoms with Gasteiger partial charge in [0.25, 0.3) is 5.88 Å². The molecule has 1 saturated heterocycles. The minimum Gasteiger partial charge on any atom is -0.476 e. The fourth-order valence-electron chi connectivity index (χ4n) is 7.32. The number of unbranched alkanes of at least 4 members (excludes halogenated alkanes) is 1. The number of carbonyl (C=O) groups excluding carboxylic acids is 1. The lowest BCUT2D eigenvalue weighted by Gasteiger charge is -2.33. The van der Waals surface area contributed by atoms with Crippen LogP contribution in [-0.2, 0) is 21.4 Å². The number of carbonyl (C=O) groups is 1. The number of aromatic nitrogens is 4. The fourth-order valence-corrected chi connectivity index (χ4v) is 9.42. The molecule has 12 nitrogen and oxygen atoms in total. The number of esters is 1. The Bertz CT molecular complexity index is 1830. The molecule has 0 bridgehead atoms. The van der Waals surface area contributed by atoms with Gasteiger partial charge >= 0.3 is 5.97 Å².